The molecule has 3 N–H and O–H groups in total. The number of nitrogens with two attached hydrogens (primary N) is 1. The van der Waals surface area contributed by atoms with E-state index in [4.69, 9.17) is 11.3 Å². The first-order valence-corrected chi connectivity index (χ1v) is 2.30. The molecule has 0 saturated heterocycles. The van der Waals surface area contributed by atoms with E-state index in [1.807, 2.05) is 0 Å². The highest BCUT2D eigenvalue weighted by Gasteiger charge is 1.98. The number of hydrogen-bond acceptors (Lipinski definition) is 2. The molecule has 0 amide bonds. The molecule has 0 spiro atoms. The van der Waals surface area contributed by atoms with Crippen LogP contribution in [0.4, 0.5) is 0 Å². The molecular formula is C4H13IN4. The summed E-state index contributed by atoms with van der Waals surface area (Å²) in [6.45, 7) is 0. The van der Waals surface area contributed by atoms with Gasteiger partial charge in [-0.2, -0.15) is 0 Å². The van der Waals surface area contributed by atoms with E-state index in [0.29, 0.717) is 5.96 Å². The normalized spacial score (nSPS) is 7.56. The Morgan fingerprint density at radius 3 is 1.67 bits per heavy atom. The van der Waals surface area contributed by atoms with E-state index in [1.165, 1.54) is 5.01 Å². The van der Waals surface area contributed by atoms with E-state index in [0.717, 1.165) is 0 Å². The Hall–Kier alpha value is -0.0400. The second-order valence-corrected chi connectivity index (χ2v) is 1.83. The fourth-order valence-corrected chi connectivity index (χ4v) is 0.315. The van der Waals surface area contributed by atoms with Crippen molar-refractivity contribution >= 4 is 29.9 Å². The van der Waals surface area contributed by atoms with Crippen LogP contribution >= 0.6 is 24.0 Å². The lowest BCUT2D eigenvalue weighted by Crippen LogP contribution is -2.41. The Kier molecular flexibility index (Phi) is 6.25. The van der Waals surface area contributed by atoms with Crippen molar-refractivity contribution in [3.05, 3.63) is 0 Å². The zero-order valence-electron chi connectivity index (χ0n) is 5.88. The second kappa shape index (κ2) is 4.80. The summed E-state index contributed by atoms with van der Waals surface area (Å²) >= 11 is 0. The molecule has 0 aromatic heterocycles. The summed E-state index contributed by atoms with van der Waals surface area (Å²) in [5.74, 6) is 5.50. The zero-order valence-corrected chi connectivity index (χ0v) is 8.21. The molecule has 4 nitrogen and oxygen atoms in total. The molecular weight excluding hydrogens is 231 g/mol. The fraction of sp³-hybridized carbons (Fsp3) is 0.750. The lowest BCUT2D eigenvalue weighted by molar-refractivity contribution is 0.435. The zero-order chi connectivity index (χ0) is 6.73. The summed E-state index contributed by atoms with van der Waals surface area (Å²) in [6, 6.07) is 0. The van der Waals surface area contributed by atoms with Gasteiger partial charge < -0.3 is 4.90 Å². The number of hydrogen-bond donors (Lipinski definition) is 2. The van der Waals surface area contributed by atoms with Crippen LogP contribution in [0.5, 0.6) is 0 Å². The fourth-order valence-electron chi connectivity index (χ4n) is 0.315. The van der Waals surface area contributed by atoms with Gasteiger partial charge in [0, 0.05) is 21.1 Å². The highest BCUT2D eigenvalue weighted by atomic mass is 127. The Morgan fingerprint density at radius 1 is 1.33 bits per heavy atom. The summed E-state index contributed by atoms with van der Waals surface area (Å²) in [5.41, 5.74) is 0. The minimum atomic E-state index is 0. The number of nitrogens with one attached hydrogen (secondary N) is 1. The van der Waals surface area contributed by atoms with Gasteiger partial charge in [-0.05, 0) is 0 Å². The Morgan fingerprint density at radius 2 is 1.67 bits per heavy atom. The van der Waals surface area contributed by atoms with Crippen LogP contribution in [0.3, 0.4) is 0 Å². The average Bonchev–Trinajstić information content (AvgIpc) is 1.64. The van der Waals surface area contributed by atoms with Gasteiger partial charge in [0.1, 0.15) is 0 Å². The van der Waals surface area contributed by atoms with Gasteiger partial charge in [-0.15, -0.1) is 24.0 Å². The molecule has 0 aliphatic rings. The predicted molar refractivity (Wildman–Crippen MR) is 48.8 cm³/mol. The van der Waals surface area contributed by atoms with E-state index in [9.17, 15) is 0 Å². The van der Waals surface area contributed by atoms with E-state index >= 15 is 0 Å². The second-order valence-electron chi connectivity index (χ2n) is 1.83. The first-order chi connectivity index (χ1) is 3.55. The molecule has 0 heterocycles. The van der Waals surface area contributed by atoms with Crippen molar-refractivity contribution in [3.8, 4) is 0 Å². The molecule has 0 radical (unpaired) electrons. The largest absolute Gasteiger partial charge is 0.348 e. The molecule has 0 rings (SSSR count). The maximum atomic E-state index is 7.12. The molecule has 9 heavy (non-hydrogen) atoms. The van der Waals surface area contributed by atoms with Crippen molar-refractivity contribution in [3.63, 3.8) is 0 Å². The number of halogens is 1. The molecule has 0 unspecified atom stereocenters. The quantitative estimate of drug-likeness (QED) is 0.206. The monoisotopic (exact) mass is 244 g/mol. The summed E-state index contributed by atoms with van der Waals surface area (Å²) in [4.78, 5) is 1.62. The van der Waals surface area contributed by atoms with Gasteiger partial charge in [0.2, 0.25) is 5.96 Å². The molecule has 0 aromatic carbocycles. The highest BCUT2D eigenvalue weighted by molar-refractivity contribution is 14.0. The summed E-state index contributed by atoms with van der Waals surface area (Å²) in [7, 11) is 5.17. The third-order valence-corrected chi connectivity index (χ3v) is 0.758. The third-order valence-electron chi connectivity index (χ3n) is 0.758. The van der Waals surface area contributed by atoms with Crippen LogP contribution in [0.25, 0.3) is 0 Å². The smallest absolute Gasteiger partial charge is 0.207 e. The predicted octanol–water partition coefficient (Wildman–Crippen LogP) is -0.0937. The maximum absolute atomic E-state index is 7.12. The van der Waals surface area contributed by atoms with Crippen molar-refractivity contribution < 1.29 is 0 Å². The van der Waals surface area contributed by atoms with E-state index in [1.54, 1.807) is 26.0 Å². The molecule has 0 fully saturated rings. The molecule has 0 saturated carbocycles. The molecule has 5 heteroatoms. The van der Waals surface area contributed by atoms with Crippen LogP contribution in [0, 0.1) is 5.41 Å². The van der Waals surface area contributed by atoms with Gasteiger partial charge in [-0.25, -0.2) is 5.84 Å². The van der Waals surface area contributed by atoms with Crippen LogP contribution in [0.1, 0.15) is 0 Å². The first kappa shape index (κ1) is 11.7. The topological polar surface area (TPSA) is 56.4 Å². The Bertz CT molecular complexity index is 80.6. The van der Waals surface area contributed by atoms with E-state index in [-0.39, 0.29) is 24.0 Å². The van der Waals surface area contributed by atoms with Crippen LogP contribution < -0.4 is 5.84 Å². The number of hydrazine groups is 1. The van der Waals surface area contributed by atoms with Crippen molar-refractivity contribution in [1.29, 1.82) is 5.41 Å². The Balaban J connectivity index is 0. The standard InChI is InChI=1S/C4H12N4.HI/c1-7(2)4(5)8(3)6;/h5H,6H2,1-3H3;1H. The molecule has 0 aliphatic heterocycles. The van der Waals surface area contributed by atoms with Crippen molar-refractivity contribution in [2.24, 2.45) is 5.84 Å². The molecule has 0 aromatic rings. The van der Waals surface area contributed by atoms with Crippen LogP contribution in [0.2, 0.25) is 0 Å². The molecule has 0 atom stereocenters. The summed E-state index contributed by atoms with van der Waals surface area (Å²) < 4.78 is 0. The van der Waals surface area contributed by atoms with Gasteiger partial charge in [0.05, 0.1) is 0 Å². The van der Waals surface area contributed by atoms with Crippen LogP contribution in [-0.4, -0.2) is 37.0 Å². The van der Waals surface area contributed by atoms with Crippen molar-refractivity contribution in [2.75, 3.05) is 21.1 Å². The van der Waals surface area contributed by atoms with Gasteiger partial charge in [0.15, 0.2) is 0 Å². The maximum Gasteiger partial charge on any atom is 0.207 e. The molecule has 0 bridgehead atoms. The SMILES string of the molecule is CN(C)C(=N)N(C)N.I. The van der Waals surface area contributed by atoms with Crippen LogP contribution in [-0.2, 0) is 0 Å². The first-order valence-electron chi connectivity index (χ1n) is 2.30. The van der Waals surface area contributed by atoms with Gasteiger partial charge >= 0.3 is 0 Å². The van der Waals surface area contributed by atoms with E-state index < -0.39 is 0 Å². The lowest BCUT2D eigenvalue weighted by atomic mass is 10.8. The van der Waals surface area contributed by atoms with E-state index in [2.05, 4.69) is 0 Å². The third kappa shape index (κ3) is 4.46. The Labute approximate surface area is 72.5 Å². The number of nitrogens with zero attached hydrogens (tertiary/aromatic N) is 2. The lowest BCUT2D eigenvalue weighted by Gasteiger charge is -2.19. The highest BCUT2D eigenvalue weighted by Crippen LogP contribution is 1.77. The minimum Gasteiger partial charge on any atom is -0.348 e. The average molecular weight is 244 g/mol. The molecule has 0 aliphatic carbocycles. The van der Waals surface area contributed by atoms with Crippen molar-refractivity contribution in [1.82, 2.24) is 9.91 Å². The van der Waals surface area contributed by atoms with Crippen LogP contribution in [0.15, 0.2) is 0 Å². The molecule has 56 valence electrons. The summed E-state index contributed by atoms with van der Waals surface area (Å²) in [6.07, 6.45) is 0. The minimum absolute atomic E-state index is 0. The summed E-state index contributed by atoms with van der Waals surface area (Å²) in [5, 5.41) is 8.38. The van der Waals surface area contributed by atoms with Gasteiger partial charge in [-0.1, -0.05) is 0 Å². The number of rotatable bonds is 0. The van der Waals surface area contributed by atoms with Gasteiger partial charge in [-0.3, -0.25) is 10.4 Å². The van der Waals surface area contributed by atoms with Crippen molar-refractivity contribution in [2.45, 2.75) is 0 Å². The number of guanidine groups is 1. The van der Waals surface area contributed by atoms with Gasteiger partial charge in [0.25, 0.3) is 0 Å².